The molecule has 27 heavy (non-hydrogen) atoms. The van der Waals surface area contributed by atoms with Gasteiger partial charge in [0.05, 0.1) is 7.11 Å². The molecule has 0 radical (unpaired) electrons. The maximum Gasteiger partial charge on any atom is 0.250 e. The van der Waals surface area contributed by atoms with E-state index < -0.39 is 10.0 Å². The van der Waals surface area contributed by atoms with E-state index in [1.54, 1.807) is 24.6 Å². The van der Waals surface area contributed by atoms with Crippen molar-refractivity contribution in [2.75, 3.05) is 19.0 Å². The smallest absolute Gasteiger partial charge is 0.250 e. The molecule has 2 aromatic heterocycles. The van der Waals surface area contributed by atoms with Gasteiger partial charge in [-0.05, 0) is 24.4 Å². The Morgan fingerprint density at radius 3 is 2.78 bits per heavy atom. The molecule has 3 rings (SSSR count). The number of anilines is 1. The average molecular weight is 425 g/mol. The van der Waals surface area contributed by atoms with Gasteiger partial charge in [-0.15, -0.1) is 11.3 Å². The van der Waals surface area contributed by atoms with Crippen molar-refractivity contribution in [3.8, 4) is 5.75 Å². The Hall–Kier alpha value is -2.01. The fourth-order valence-electron chi connectivity index (χ4n) is 2.39. The van der Waals surface area contributed by atoms with Gasteiger partial charge in [-0.2, -0.15) is 4.37 Å². The minimum absolute atomic E-state index is 0.133. The van der Waals surface area contributed by atoms with Gasteiger partial charge in [0.15, 0.2) is 0 Å². The molecule has 1 atom stereocenters. The molecular formula is C17H20N4O3S3. The SMILES string of the molecule is COc1ccccc1Cc1nsc(NC(C)CNS(=O)(=O)c2cccs2)n1. The van der Waals surface area contributed by atoms with Crippen LogP contribution in [0.4, 0.5) is 5.13 Å². The minimum Gasteiger partial charge on any atom is -0.496 e. The molecule has 0 saturated carbocycles. The van der Waals surface area contributed by atoms with Crippen molar-refractivity contribution in [1.82, 2.24) is 14.1 Å². The second kappa shape index (κ2) is 8.79. The van der Waals surface area contributed by atoms with Gasteiger partial charge >= 0.3 is 0 Å². The van der Waals surface area contributed by atoms with Gasteiger partial charge in [0, 0.05) is 36.1 Å². The summed E-state index contributed by atoms with van der Waals surface area (Å²) in [6.07, 6.45) is 0.571. The first-order valence-corrected chi connectivity index (χ1v) is 11.4. The van der Waals surface area contributed by atoms with E-state index in [9.17, 15) is 8.42 Å². The largest absolute Gasteiger partial charge is 0.496 e. The first-order chi connectivity index (χ1) is 13.0. The van der Waals surface area contributed by atoms with E-state index in [4.69, 9.17) is 4.74 Å². The second-order valence-electron chi connectivity index (χ2n) is 5.83. The molecule has 144 valence electrons. The number of thiophene rings is 1. The third-order valence-electron chi connectivity index (χ3n) is 3.72. The number of sulfonamides is 1. The zero-order valence-electron chi connectivity index (χ0n) is 14.9. The van der Waals surface area contributed by atoms with Crippen LogP contribution in [0.5, 0.6) is 5.75 Å². The van der Waals surface area contributed by atoms with Gasteiger partial charge < -0.3 is 10.1 Å². The van der Waals surface area contributed by atoms with E-state index in [1.165, 1.54) is 22.9 Å². The first kappa shape index (κ1) is 19.7. The van der Waals surface area contributed by atoms with Gasteiger partial charge in [0.1, 0.15) is 15.8 Å². The Balaban J connectivity index is 1.56. The fourth-order valence-corrected chi connectivity index (χ4v) is 5.25. The van der Waals surface area contributed by atoms with Crippen LogP contribution in [0.1, 0.15) is 18.3 Å². The highest BCUT2D eigenvalue weighted by Gasteiger charge is 2.17. The highest BCUT2D eigenvalue weighted by molar-refractivity contribution is 7.91. The van der Waals surface area contributed by atoms with Crippen LogP contribution in [0.25, 0.3) is 0 Å². The van der Waals surface area contributed by atoms with Crippen LogP contribution < -0.4 is 14.8 Å². The third kappa shape index (κ3) is 5.25. The van der Waals surface area contributed by atoms with Crippen molar-refractivity contribution in [3.05, 3.63) is 53.2 Å². The number of aromatic nitrogens is 2. The zero-order chi connectivity index (χ0) is 19.3. The molecule has 1 unspecified atom stereocenters. The molecule has 10 heteroatoms. The van der Waals surface area contributed by atoms with Crippen molar-refractivity contribution < 1.29 is 13.2 Å². The van der Waals surface area contributed by atoms with Crippen LogP contribution >= 0.6 is 22.9 Å². The van der Waals surface area contributed by atoms with Gasteiger partial charge in [-0.3, -0.25) is 0 Å². The standard InChI is InChI=1S/C17H20N4O3S3/c1-12(11-18-27(22,23)16-8-5-9-25-16)19-17-20-15(21-26-17)10-13-6-3-4-7-14(13)24-2/h3-9,12,18H,10-11H2,1-2H3,(H,19,20,21). The number of ether oxygens (including phenoxy) is 1. The van der Waals surface area contributed by atoms with Crippen molar-refractivity contribution >= 4 is 38.0 Å². The summed E-state index contributed by atoms with van der Waals surface area (Å²) in [5, 5.41) is 5.58. The molecule has 0 amide bonds. The second-order valence-corrected chi connectivity index (χ2v) is 9.53. The number of para-hydroxylation sites is 1. The highest BCUT2D eigenvalue weighted by atomic mass is 32.2. The summed E-state index contributed by atoms with van der Waals surface area (Å²) >= 11 is 2.44. The Labute approximate surface area is 166 Å². The van der Waals surface area contributed by atoms with Crippen LogP contribution in [0.3, 0.4) is 0 Å². The van der Waals surface area contributed by atoms with Crippen molar-refractivity contribution in [3.63, 3.8) is 0 Å². The number of nitrogens with zero attached hydrogens (tertiary/aromatic N) is 2. The van der Waals surface area contributed by atoms with Crippen molar-refractivity contribution in [2.24, 2.45) is 0 Å². The van der Waals surface area contributed by atoms with E-state index in [-0.39, 0.29) is 12.6 Å². The first-order valence-electron chi connectivity index (χ1n) is 8.22. The Bertz CT molecular complexity index is 971. The molecule has 0 aliphatic heterocycles. The normalized spacial score (nSPS) is 12.7. The lowest BCUT2D eigenvalue weighted by Crippen LogP contribution is -2.34. The third-order valence-corrected chi connectivity index (χ3v) is 7.22. The summed E-state index contributed by atoms with van der Waals surface area (Å²) in [5.41, 5.74) is 1.01. The fraction of sp³-hybridized carbons (Fsp3) is 0.294. The molecule has 0 saturated heterocycles. The van der Waals surface area contributed by atoms with Gasteiger partial charge in [0.25, 0.3) is 0 Å². The molecule has 1 aromatic carbocycles. The molecule has 7 nitrogen and oxygen atoms in total. The Kier molecular flexibility index (Phi) is 6.42. The van der Waals surface area contributed by atoms with E-state index >= 15 is 0 Å². The van der Waals surface area contributed by atoms with Gasteiger partial charge in [-0.1, -0.05) is 24.3 Å². The minimum atomic E-state index is -3.47. The van der Waals surface area contributed by atoms with Crippen LogP contribution in [0.15, 0.2) is 46.0 Å². The molecule has 0 fully saturated rings. The van der Waals surface area contributed by atoms with Gasteiger partial charge in [-0.25, -0.2) is 18.1 Å². The van der Waals surface area contributed by atoms with Gasteiger partial charge in [0.2, 0.25) is 15.2 Å². The number of hydrogen-bond donors (Lipinski definition) is 2. The molecule has 2 heterocycles. The molecule has 0 spiro atoms. The van der Waals surface area contributed by atoms with Crippen molar-refractivity contribution in [2.45, 2.75) is 23.6 Å². The number of hydrogen-bond acceptors (Lipinski definition) is 8. The highest BCUT2D eigenvalue weighted by Crippen LogP contribution is 2.22. The van der Waals surface area contributed by atoms with Crippen molar-refractivity contribution in [1.29, 1.82) is 0 Å². The summed E-state index contributed by atoms with van der Waals surface area (Å²) in [6, 6.07) is 10.9. The number of rotatable bonds is 9. The number of methoxy groups -OCH3 is 1. The van der Waals surface area contributed by atoms with Crippen LogP contribution in [0.2, 0.25) is 0 Å². The monoisotopic (exact) mass is 424 g/mol. The lowest BCUT2D eigenvalue weighted by atomic mass is 10.1. The lowest BCUT2D eigenvalue weighted by molar-refractivity contribution is 0.410. The Morgan fingerprint density at radius 2 is 2.04 bits per heavy atom. The topological polar surface area (TPSA) is 93.2 Å². The van der Waals surface area contributed by atoms with Crippen LogP contribution in [0, 0.1) is 0 Å². The molecule has 0 aliphatic carbocycles. The van der Waals surface area contributed by atoms with E-state index in [0.717, 1.165) is 11.3 Å². The molecule has 0 bridgehead atoms. The maximum absolute atomic E-state index is 12.2. The summed E-state index contributed by atoms with van der Waals surface area (Å²) in [4.78, 5) is 4.48. The summed E-state index contributed by atoms with van der Waals surface area (Å²) in [7, 11) is -1.83. The number of benzene rings is 1. The quantitative estimate of drug-likeness (QED) is 0.549. The molecule has 0 aliphatic rings. The Morgan fingerprint density at radius 1 is 1.22 bits per heavy atom. The average Bonchev–Trinajstić information content (AvgIpc) is 3.33. The number of nitrogens with one attached hydrogen (secondary N) is 2. The van der Waals surface area contributed by atoms with E-state index in [0.29, 0.717) is 21.6 Å². The van der Waals surface area contributed by atoms with E-state index in [1.807, 2.05) is 31.2 Å². The van der Waals surface area contributed by atoms with E-state index in [2.05, 4.69) is 19.4 Å². The molecular weight excluding hydrogens is 404 g/mol. The summed E-state index contributed by atoms with van der Waals surface area (Å²) in [5.74, 6) is 1.50. The summed E-state index contributed by atoms with van der Waals surface area (Å²) in [6.45, 7) is 2.14. The van der Waals surface area contributed by atoms with Crippen LogP contribution in [-0.4, -0.2) is 37.5 Å². The maximum atomic E-state index is 12.2. The predicted octanol–water partition coefficient (Wildman–Crippen LogP) is 2.98. The zero-order valence-corrected chi connectivity index (χ0v) is 17.3. The molecule has 3 aromatic rings. The predicted molar refractivity (Wildman–Crippen MR) is 108 cm³/mol. The summed E-state index contributed by atoms with van der Waals surface area (Å²) < 4.78 is 36.9. The lowest BCUT2D eigenvalue weighted by Gasteiger charge is -2.13. The molecule has 2 N–H and O–H groups in total. The van der Waals surface area contributed by atoms with Crippen LogP contribution in [-0.2, 0) is 16.4 Å².